The SMILES string of the molecule is Cl.Cl.Cn1cnnc1C1CC(N)C1. The van der Waals surface area contributed by atoms with E-state index in [4.69, 9.17) is 5.73 Å². The molecule has 0 atom stereocenters. The van der Waals surface area contributed by atoms with Gasteiger partial charge in [0.2, 0.25) is 0 Å². The van der Waals surface area contributed by atoms with Gasteiger partial charge in [-0.1, -0.05) is 0 Å². The molecule has 1 heterocycles. The van der Waals surface area contributed by atoms with E-state index in [-0.39, 0.29) is 24.8 Å². The summed E-state index contributed by atoms with van der Waals surface area (Å²) in [5, 5.41) is 7.85. The topological polar surface area (TPSA) is 56.7 Å². The Balaban J connectivity index is 0.000000720. The summed E-state index contributed by atoms with van der Waals surface area (Å²) in [6, 6.07) is 0.386. The van der Waals surface area contributed by atoms with Crippen molar-refractivity contribution in [3.63, 3.8) is 0 Å². The highest BCUT2D eigenvalue weighted by Gasteiger charge is 2.30. The Morgan fingerprint density at radius 2 is 2.08 bits per heavy atom. The first-order valence-electron chi connectivity index (χ1n) is 3.87. The van der Waals surface area contributed by atoms with Crippen molar-refractivity contribution in [2.24, 2.45) is 12.8 Å². The normalized spacial score (nSPS) is 25.4. The first-order valence-corrected chi connectivity index (χ1v) is 3.87. The minimum atomic E-state index is 0. The molecular formula is C7H14Cl2N4. The number of hydrogen-bond donors (Lipinski definition) is 1. The second kappa shape index (κ2) is 4.79. The number of aromatic nitrogens is 3. The van der Waals surface area contributed by atoms with Gasteiger partial charge < -0.3 is 10.3 Å². The fourth-order valence-corrected chi connectivity index (χ4v) is 1.53. The highest BCUT2D eigenvalue weighted by Crippen LogP contribution is 2.33. The number of hydrogen-bond acceptors (Lipinski definition) is 3. The molecule has 76 valence electrons. The summed E-state index contributed by atoms with van der Waals surface area (Å²) in [4.78, 5) is 0. The van der Waals surface area contributed by atoms with Crippen LogP contribution in [0.3, 0.4) is 0 Å². The van der Waals surface area contributed by atoms with Crippen molar-refractivity contribution in [3.8, 4) is 0 Å². The summed E-state index contributed by atoms with van der Waals surface area (Å²) in [6.07, 6.45) is 3.86. The maximum atomic E-state index is 5.67. The minimum Gasteiger partial charge on any atom is -0.328 e. The van der Waals surface area contributed by atoms with E-state index >= 15 is 0 Å². The van der Waals surface area contributed by atoms with Crippen LogP contribution in [0.15, 0.2) is 6.33 Å². The van der Waals surface area contributed by atoms with Gasteiger partial charge in [0.15, 0.2) is 0 Å². The largest absolute Gasteiger partial charge is 0.328 e. The van der Waals surface area contributed by atoms with Crippen LogP contribution in [0.5, 0.6) is 0 Å². The molecule has 1 saturated carbocycles. The number of aryl methyl sites for hydroxylation is 1. The van der Waals surface area contributed by atoms with Crippen molar-refractivity contribution >= 4 is 24.8 Å². The number of nitrogens with two attached hydrogens (primary N) is 1. The van der Waals surface area contributed by atoms with E-state index < -0.39 is 0 Å². The first kappa shape index (κ1) is 12.7. The highest BCUT2D eigenvalue weighted by atomic mass is 35.5. The molecule has 4 nitrogen and oxygen atoms in total. The molecule has 0 bridgehead atoms. The molecule has 0 amide bonds. The third-order valence-corrected chi connectivity index (χ3v) is 2.29. The van der Waals surface area contributed by atoms with Crippen LogP contribution in [0, 0.1) is 0 Å². The Kier molecular flexibility index (Phi) is 4.67. The van der Waals surface area contributed by atoms with Gasteiger partial charge in [-0.3, -0.25) is 0 Å². The Labute approximate surface area is 89.7 Å². The molecule has 1 aliphatic rings. The minimum absolute atomic E-state index is 0. The van der Waals surface area contributed by atoms with Crippen LogP contribution >= 0.6 is 24.8 Å². The van der Waals surface area contributed by atoms with Crippen molar-refractivity contribution in [1.82, 2.24) is 14.8 Å². The van der Waals surface area contributed by atoms with Crippen LogP contribution < -0.4 is 5.73 Å². The van der Waals surface area contributed by atoms with Gasteiger partial charge in [0, 0.05) is 19.0 Å². The van der Waals surface area contributed by atoms with Crippen molar-refractivity contribution in [3.05, 3.63) is 12.2 Å². The average Bonchev–Trinajstić information content (AvgIpc) is 2.29. The van der Waals surface area contributed by atoms with Crippen molar-refractivity contribution in [2.75, 3.05) is 0 Å². The van der Waals surface area contributed by atoms with Gasteiger partial charge in [-0.05, 0) is 12.8 Å². The summed E-state index contributed by atoms with van der Waals surface area (Å²) in [5.41, 5.74) is 5.67. The van der Waals surface area contributed by atoms with Crippen molar-refractivity contribution in [2.45, 2.75) is 24.8 Å². The van der Waals surface area contributed by atoms with E-state index in [9.17, 15) is 0 Å². The molecule has 0 radical (unpaired) electrons. The van der Waals surface area contributed by atoms with E-state index in [2.05, 4.69) is 10.2 Å². The summed E-state index contributed by atoms with van der Waals surface area (Å²) < 4.78 is 1.97. The van der Waals surface area contributed by atoms with Gasteiger partial charge in [0.05, 0.1) is 0 Å². The van der Waals surface area contributed by atoms with Crippen LogP contribution in [0.25, 0.3) is 0 Å². The fourth-order valence-electron chi connectivity index (χ4n) is 1.53. The zero-order valence-electron chi connectivity index (χ0n) is 7.38. The molecule has 13 heavy (non-hydrogen) atoms. The summed E-state index contributed by atoms with van der Waals surface area (Å²) in [6.45, 7) is 0. The molecular weight excluding hydrogens is 211 g/mol. The highest BCUT2D eigenvalue weighted by molar-refractivity contribution is 5.85. The third-order valence-electron chi connectivity index (χ3n) is 2.29. The van der Waals surface area contributed by atoms with Crippen molar-refractivity contribution < 1.29 is 0 Å². The predicted molar refractivity (Wildman–Crippen MR) is 55.4 cm³/mol. The van der Waals surface area contributed by atoms with E-state index in [1.807, 2.05) is 11.6 Å². The van der Waals surface area contributed by atoms with Crippen LogP contribution in [0.2, 0.25) is 0 Å². The zero-order valence-corrected chi connectivity index (χ0v) is 9.01. The average molecular weight is 225 g/mol. The summed E-state index contributed by atoms with van der Waals surface area (Å²) in [7, 11) is 1.97. The van der Waals surface area contributed by atoms with E-state index in [0.29, 0.717) is 12.0 Å². The van der Waals surface area contributed by atoms with Gasteiger partial charge in [0.1, 0.15) is 12.2 Å². The lowest BCUT2D eigenvalue weighted by molar-refractivity contribution is 0.332. The molecule has 0 spiro atoms. The molecule has 1 aromatic rings. The standard InChI is InChI=1S/C7H12N4.2ClH/c1-11-4-9-10-7(11)5-2-6(8)3-5;;/h4-6H,2-3,8H2,1H3;2*1H. The van der Waals surface area contributed by atoms with E-state index in [1.165, 1.54) is 0 Å². The molecule has 6 heteroatoms. The third kappa shape index (κ3) is 2.33. The summed E-state index contributed by atoms with van der Waals surface area (Å²) in [5.74, 6) is 1.63. The second-order valence-electron chi connectivity index (χ2n) is 3.23. The molecule has 0 unspecified atom stereocenters. The fraction of sp³-hybridized carbons (Fsp3) is 0.714. The number of rotatable bonds is 1. The number of halogens is 2. The second-order valence-corrected chi connectivity index (χ2v) is 3.23. The Morgan fingerprint density at radius 1 is 1.46 bits per heavy atom. The monoisotopic (exact) mass is 224 g/mol. The Morgan fingerprint density at radius 3 is 2.46 bits per heavy atom. The van der Waals surface area contributed by atoms with Gasteiger partial charge in [0.25, 0.3) is 0 Å². The lowest BCUT2D eigenvalue weighted by Gasteiger charge is -2.31. The molecule has 1 aliphatic carbocycles. The van der Waals surface area contributed by atoms with Gasteiger partial charge in [-0.2, -0.15) is 0 Å². The maximum Gasteiger partial charge on any atom is 0.135 e. The summed E-state index contributed by atoms with van der Waals surface area (Å²) >= 11 is 0. The van der Waals surface area contributed by atoms with Gasteiger partial charge in [-0.25, -0.2) is 0 Å². The van der Waals surface area contributed by atoms with E-state index in [0.717, 1.165) is 18.7 Å². The van der Waals surface area contributed by atoms with Gasteiger partial charge >= 0.3 is 0 Å². The zero-order chi connectivity index (χ0) is 7.84. The lowest BCUT2D eigenvalue weighted by Crippen LogP contribution is -2.35. The van der Waals surface area contributed by atoms with Crippen molar-refractivity contribution in [1.29, 1.82) is 0 Å². The Hall–Kier alpha value is -0.320. The lowest BCUT2D eigenvalue weighted by atomic mass is 9.80. The molecule has 0 aliphatic heterocycles. The molecule has 2 N–H and O–H groups in total. The molecule has 0 aromatic carbocycles. The van der Waals surface area contributed by atoms with Crippen LogP contribution in [0.4, 0.5) is 0 Å². The first-order chi connectivity index (χ1) is 5.27. The smallest absolute Gasteiger partial charge is 0.135 e. The Bertz CT molecular complexity index is 257. The van der Waals surface area contributed by atoms with Crippen LogP contribution in [0.1, 0.15) is 24.6 Å². The maximum absolute atomic E-state index is 5.67. The van der Waals surface area contributed by atoms with Crippen LogP contribution in [-0.2, 0) is 7.05 Å². The molecule has 1 fully saturated rings. The van der Waals surface area contributed by atoms with Crippen LogP contribution in [-0.4, -0.2) is 20.8 Å². The predicted octanol–water partition coefficient (Wildman–Crippen LogP) is 0.863. The van der Waals surface area contributed by atoms with E-state index in [1.54, 1.807) is 6.33 Å². The molecule has 2 rings (SSSR count). The van der Waals surface area contributed by atoms with Gasteiger partial charge in [-0.15, -0.1) is 35.0 Å². The molecule has 0 saturated heterocycles. The quantitative estimate of drug-likeness (QED) is 0.771. The number of nitrogens with zero attached hydrogens (tertiary/aromatic N) is 3. The molecule has 1 aromatic heterocycles.